The molecule has 0 aromatic carbocycles. The van der Waals surface area contributed by atoms with Crippen LogP contribution in [0.25, 0.3) is 0 Å². The van der Waals surface area contributed by atoms with Crippen molar-refractivity contribution in [1.82, 2.24) is 0 Å². The van der Waals surface area contributed by atoms with Crippen molar-refractivity contribution >= 4 is 23.3 Å². The summed E-state index contributed by atoms with van der Waals surface area (Å²) in [5.74, 6) is -0.903. The van der Waals surface area contributed by atoms with Crippen LogP contribution in [-0.4, -0.2) is 23.3 Å². The van der Waals surface area contributed by atoms with Crippen LogP contribution in [0.4, 0.5) is 0 Å². The minimum atomic E-state index is -0.903. The number of carbonyl (C=O) groups excluding carboxylic acids is 1. The molecule has 134 valence electrons. The van der Waals surface area contributed by atoms with Gasteiger partial charge in [-0.2, -0.15) is 0 Å². The molecule has 0 spiro atoms. The molecule has 0 unspecified atom stereocenters. The first-order chi connectivity index (χ1) is 10.8. The number of rotatable bonds is 16. The predicted octanol–water partition coefficient (Wildman–Crippen LogP) is 2.24. The van der Waals surface area contributed by atoms with Gasteiger partial charge in [-0.3, -0.25) is 0 Å². The first-order valence-corrected chi connectivity index (χ1v) is 9.14. The van der Waals surface area contributed by atoms with Gasteiger partial charge in [0.1, 0.15) is 0 Å². The summed E-state index contributed by atoms with van der Waals surface area (Å²) < 4.78 is 0. The summed E-state index contributed by atoms with van der Waals surface area (Å²) in [6.07, 6.45) is 19.9. The number of carboxylic acid groups (broad SMARTS) is 1. The van der Waals surface area contributed by atoms with Gasteiger partial charge in [-0.05, 0) is 12.8 Å². The van der Waals surface area contributed by atoms with Gasteiger partial charge in [0.05, 0.1) is 0 Å². The molecule has 0 aliphatic heterocycles. The summed E-state index contributed by atoms with van der Waals surface area (Å²) in [6.45, 7) is 2.27. The topological polar surface area (TPSA) is 86.2 Å². The van der Waals surface area contributed by atoms with Crippen LogP contribution in [0.2, 0.25) is 0 Å². The molecule has 5 heteroatoms. The monoisotopic (exact) mass is 342 g/mol. The van der Waals surface area contributed by atoms with Gasteiger partial charge < -0.3 is 20.4 Å². The van der Waals surface area contributed by atoms with Crippen molar-refractivity contribution in [1.29, 1.82) is 0 Å². The molecule has 0 amide bonds. The van der Waals surface area contributed by atoms with Gasteiger partial charge in [-0.15, -0.1) is 0 Å². The minimum Gasteiger partial charge on any atom is -1.00 e. The Labute approximate surface area is 153 Å². The molecule has 4 nitrogen and oxygen atoms in total. The Balaban J connectivity index is -0.00000128. The Bertz CT molecular complexity index is 213. The summed E-state index contributed by atoms with van der Waals surface area (Å²) in [5.41, 5.74) is 0. The summed E-state index contributed by atoms with van der Waals surface area (Å²) in [4.78, 5) is 10.2. The van der Waals surface area contributed by atoms with Crippen LogP contribution in [-0.2, 0) is 4.79 Å². The Hall–Kier alpha value is -0.0775. The molecule has 0 heterocycles. The first-order valence-electron chi connectivity index (χ1n) is 9.14. The minimum absolute atomic E-state index is 0. The van der Waals surface area contributed by atoms with E-state index in [4.69, 9.17) is 10.5 Å². The molecule has 23 heavy (non-hydrogen) atoms. The van der Waals surface area contributed by atoms with Crippen molar-refractivity contribution in [2.45, 2.75) is 110 Å². The SMILES string of the molecule is CCCCCCCCCCCCCCCCCC(=O)[O-].[Al+3].[O-][O-]. The molecular weight excluding hydrogens is 307 g/mol. The van der Waals surface area contributed by atoms with E-state index in [1.165, 1.54) is 83.5 Å². The third-order valence-corrected chi connectivity index (χ3v) is 3.98. The van der Waals surface area contributed by atoms with Crippen LogP contribution in [0.5, 0.6) is 0 Å². The molecule has 0 fully saturated rings. The van der Waals surface area contributed by atoms with Gasteiger partial charge in [0.25, 0.3) is 0 Å². The van der Waals surface area contributed by atoms with E-state index in [0.29, 0.717) is 0 Å². The molecule has 0 saturated heterocycles. The fourth-order valence-corrected chi connectivity index (χ4v) is 2.64. The zero-order valence-corrected chi connectivity index (χ0v) is 16.2. The zero-order chi connectivity index (χ0) is 16.9. The maximum Gasteiger partial charge on any atom is 3.00 e. The molecule has 0 aliphatic rings. The van der Waals surface area contributed by atoms with Gasteiger partial charge in [0, 0.05) is 5.97 Å². The molecule has 0 N–H and O–H groups in total. The van der Waals surface area contributed by atoms with Crippen molar-refractivity contribution in [3.05, 3.63) is 0 Å². The first kappa shape index (κ1) is 27.8. The molecule has 0 rings (SSSR count). The summed E-state index contributed by atoms with van der Waals surface area (Å²) in [7, 11) is 0. The van der Waals surface area contributed by atoms with Crippen molar-refractivity contribution in [2.24, 2.45) is 0 Å². The number of carbonyl (C=O) groups is 1. The quantitative estimate of drug-likeness (QED) is 0.186. The summed E-state index contributed by atoms with van der Waals surface area (Å²) in [5, 5.41) is 24.2. The van der Waals surface area contributed by atoms with E-state index >= 15 is 0 Å². The number of unbranched alkanes of at least 4 members (excludes halogenated alkanes) is 14. The van der Waals surface area contributed by atoms with E-state index in [0.717, 1.165) is 12.8 Å². The van der Waals surface area contributed by atoms with Crippen LogP contribution < -0.4 is 15.6 Å². The molecule has 0 bridgehead atoms. The molecule has 0 saturated carbocycles. The molecule has 0 aliphatic carbocycles. The number of aliphatic carboxylic acids is 1. The van der Waals surface area contributed by atoms with Gasteiger partial charge in [0.15, 0.2) is 0 Å². The molecule has 0 atom stereocenters. The van der Waals surface area contributed by atoms with Crippen molar-refractivity contribution in [3.63, 3.8) is 0 Å². The maximum atomic E-state index is 10.2. The van der Waals surface area contributed by atoms with E-state index < -0.39 is 5.97 Å². The van der Waals surface area contributed by atoms with E-state index in [9.17, 15) is 9.90 Å². The summed E-state index contributed by atoms with van der Waals surface area (Å²) in [6, 6.07) is 0. The predicted molar refractivity (Wildman–Crippen MR) is 90.3 cm³/mol. The molecule has 0 aromatic heterocycles. The third kappa shape index (κ3) is 30.4. The van der Waals surface area contributed by atoms with E-state index in [1.807, 2.05) is 0 Å². The smallest absolute Gasteiger partial charge is 1.00 e. The van der Waals surface area contributed by atoms with Gasteiger partial charge in [-0.25, -0.2) is 0 Å². The Morgan fingerprint density at radius 2 is 0.870 bits per heavy atom. The maximum absolute atomic E-state index is 10.2. The van der Waals surface area contributed by atoms with Crippen LogP contribution in [0, 0.1) is 0 Å². The standard InChI is InChI=1S/C18H36O2.Al.O2/c1-2-3-4-5-6-7-8-9-10-11-12-13-14-15-16-17-18(19)20;;1-2/h2-17H2,1H3,(H,19,20);;/q;+3;-2/p-1. The average Bonchev–Trinajstić information content (AvgIpc) is 2.53. The number of hydrogen-bond acceptors (Lipinski definition) is 4. The van der Waals surface area contributed by atoms with Crippen molar-refractivity contribution in [2.75, 3.05) is 0 Å². The van der Waals surface area contributed by atoms with Crippen LogP contribution in [0.1, 0.15) is 110 Å². The number of hydrogen-bond donors (Lipinski definition) is 0. The molecule has 0 aromatic rings. The second-order valence-corrected chi connectivity index (χ2v) is 6.07. The van der Waals surface area contributed by atoms with Crippen LogP contribution >= 0.6 is 0 Å². The Morgan fingerprint density at radius 1 is 0.609 bits per heavy atom. The van der Waals surface area contributed by atoms with Crippen molar-refractivity contribution < 1.29 is 20.4 Å². The molecule has 0 radical (unpaired) electrons. The largest absolute Gasteiger partial charge is 3.00 e. The van der Waals surface area contributed by atoms with E-state index in [-0.39, 0.29) is 23.8 Å². The van der Waals surface area contributed by atoms with Gasteiger partial charge in [0.2, 0.25) is 0 Å². The Kier molecular flexibility index (Phi) is 32.3. The number of carboxylic acids is 1. The fraction of sp³-hybridized carbons (Fsp3) is 0.944. The van der Waals surface area contributed by atoms with Crippen molar-refractivity contribution in [3.8, 4) is 0 Å². The summed E-state index contributed by atoms with van der Waals surface area (Å²) >= 11 is 0. The second kappa shape index (κ2) is 26.8. The molecular formula is C18H35AlO4. The zero-order valence-electron chi connectivity index (χ0n) is 15.0. The Morgan fingerprint density at radius 3 is 1.13 bits per heavy atom. The third-order valence-electron chi connectivity index (χ3n) is 3.98. The van der Waals surface area contributed by atoms with E-state index in [2.05, 4.69) is 6.92 Å². The van der Waals surface area contributed by atoms with Gasteiger partial charge in [-0.1, -0.05) is 96.8 Å². The normalized spacial score (nSPS) is 9.70. The van der Waals surface area contributed by atoms with E-state index in [1.54, 1.807) is 0 Å². The van der Waals surface area contributed by atoms with Gasteiger partial charge >= 0.3 is 17.4 Å². The van der Waals surface area contributed by atoms with Crippen LogP contribution in [0.3, 0.4) is 0 Å². The fourth-order valence-electron chi connectivity index (χ4n) is 2.64. The average molecular weight is 342 g/mol. The second-order valence-electron chi connectivity index (χ2n) is 6.07. The van der Waals surface area contributed by atoms with Crippen LogP contribution in [0.15, 0.2) is 0 Å².